The van der Waals surface area contributed by atoms with Gasteiger partial charge in [0, 0.05) is 0 Å². The van der Waals surface area contributed by atoms with Crippen LogP contribution >= 0.6 is 0 Å². The maximum atomic E-state index is 10.9. The minimum Gasteiger partial charge on any atom is -0.469 e. The van der Waals surface area contributed by atoms with Gasteiger partial charge in [0.05, 0.1) is 13.5 Å². The van der Waals surface area contributed by atoms with Crippen LogP contribution in [0.2, 0.25) is 0 Å². The van der Waals surface area contributed by atoms with E-state index in [0.717, 1.165) is 12.8 Å². The highest BCUT2D eigenvalue weighted by atomic mass is 16.5. The Hall–Kier alpha value is -1.05. The number of rotatable bonds is 8. The number of ether oxygens (including phenoxy) is 1. The minimum atomic E-state index is -0.175. The molecule has 2 heteroatoms. The van der Waals surface area contributed by atoms with Crippen molar-refractivity contribution in [3.8, 4) is 0 Å². The van der Waals surface area contributed by atoms with Crippen LogP contribution in [0, 0.1) is 0 Å². The average Bonchev–Trinajstić information content (AvgIpc) is 2.30. The van der Waals surface area contributed by atoms with Crippen molar-refractivity contribution in [1.29, 1.82) is 0 Å². The molecule has 0 aliphatic heterocycles. The molecule has 92 valence electrons. The standard InChI is InChI=1S/C14H24O2/c1-4-5-6-7-8-9-10-13(2)11-12-14(15)16-3/h8-9,11H,4-7,10,12H2,1-3H3/b9-8+,13-11+. The van der Waals surface area contributed by atoms with Crippen LogP contribution in [0.1, 0.15) is 52.4 Å². The molecule has 0 radical (unpaired) electrons. The van der Waals surface area contributed by atoms with Crippen LogP contribution in [0.15, 0.2) is 23.8 Å². The van der Waals surface area contributed by atoms with E-state index in [9.17, 15) is 4.79 Å². The van der Waals surface area contributed by atoms with Gasteiger partial charge in [-0.05, 0) is 26.2 Å². The molecular formula is C14H24O2. The number of hydrogen-bond donors (Lipinski definition) is 0. The number of methoxy groups -OCH3 is 1. The highest BCUT2D eigenvalue weighted by molar-refractivity contribution is 5.71. The zero-order chi connectivity index (χ0) is 12.2. The van der Waals surface area contributed by atoms with Gasteiger partial charge in [-0.2, -0.15) is 0 Å². The molecule has 0 rings (SSSR count). The largest absolute Gasteiger partial charge is 0.469 e. The fourth-order valence-corrected chi connectivity index (χ4v) is 1.32. The molecule has 0 spiro atoms. The highest BCUT2D eigenvalue weighted by Gasteiger charge is 1.95. The molecule has 0 atom stereocenters. The SMILES string of the molecule is CCCCC/C=C/C/C(C)=C/CC(=O)OC. The molecular weight excluding hydrogens is 200 g/mol. The lowest BCUT2D eigenvalue weighted by Gasteiger charge is -1.97. The predicted octanol–water partition coefficient (Wildman–Crippen LogP) is 4.02. The zero-order valence-electron chi connectivity index (χ0n) is 10.8. The number of unbranched alkanes of at least 4 members (excludes halogenated alkanes) is 3. The highest BCUT2D eigenvalue weighted by Crippen LogP contribution is 2.05. The molecule has 0 aliphatic rings. The average molecular weight is 224 g/mol. The van der Waals surface area contributed by atoms with Crippen molar-refractivity contribution < 1.29 is 9.53 Å². The van der Waals surface area contributed by atoms with E-state index in [1.807, 2.05) is 13.0 Å². The van der Waals surface area contributed by atoms with Crippen molar-refractivity contribution in [2.75, 3.05) is 7.11 Å². The van der Waals surface area contributed by atoms with Crippen LogP contribution in [-0.4, -0.2) is 13.1 Å². The van der Waals surface area contributed by atoms with Crippen LogP contribution < -0.4 is 0 Å². The van der Waals surface area contributed by atoms with Gasteiger partial charge in [0.2, 0.25) is 0 Å². The maximum absolute atomic E-state index is 10.9. The monoisotopic (exact) mass is 224 g/mol. The number of carbonyl (C=O) groups excluding carboxylic acids is 1. The smallest absolute Gasteiger partial charge is 0.309 e. The Morgan fingerprint density at radius 1 is 1.19 bits per heavy atom. The summed E-state index contributed by atoms with van der Waals surface area (Å²) < 4.78 is 4.57. The molecule has 0 aromatic carbocycles. The molecule has 0 bridgehead atoms. The Labute approximate surface area is 99.4 Å². The first kappa shape index (κ1) is 14.9. The van der Waals surface area contributed by atoms with Crippen LogP contribution in [0.25, 0.3) is 0 Å². The van der Waals surface area contributed by atoms with Crippen LogP contribution in [0.5, 0.6) is 0 Å². The lowest BCUT2D eigenvalue weighted by molar-refractivity contribution is -0.139. The summed E-state index contributed by atoms with van der Waals surface area (Å²) in [5.41, 5.74) is 1.22. The third-order valence-corrected chi connectivity index (χ3v) is 2.43. The van der Waals surface area contributed by atoms with E-state index in [1.165, 1.54) is 31.9 Å². The van der Waals surface area contributed by atoms with Gasteiger partial charge in [-0.1, -0.05) is 43.6 Å². The zero-order valence-corrected chi connectivity index (χ0v) is 10.8. The minimum absolute atomic E-state index is 0.175. The first-order chi connectivity index (χ1) is 7.70. The van der Waals surface area contributed by atoms with Gasteiger partial charge in [-0.3, -0.25) is 4.79 Å². The van der Waals surface area contributed by atoms with E-state index >= 15 is 0 Å². The Kier molecular flexibility index (Phi) is 9.78. The lowest BCUT2D eigenvalue weighted by Crippen LogP contribution is -1.97. The molecule has 0 aliphatic carbocycles. The molecule has 2 nitrogen and oxygen atoms in total. The number of allylic oxidation sites excluding steroid dienone is 3. The second-order valence-electron chi connectivity index (χ2n) is 4.00. The summed E-state index contributed by atoms with van der Waals surface area (Å²) in [6, 6.07) is 0. The molecule has 16 heavy (non-hydrogen) atoms. The summed E-state index contributed by atoms with van der Waals surface area (Å²) in [6.07, 6.45) is 12.7. The van der Waals surface area contributed by atoms with E-state index < -0.39 is 0 Å². The van der Waals surface area contributed by atoms with E-state index in [1.54, 1.807) is 0 Å². The van der Waals surface area contributed by atoms with Gasteiger partial charge in [0.25, 0.3) is 0 Å². The van der Waals surface area contributed by atoms with E-state index in [2.05, 4.69) is 23.8 Å². The van der Waals surface area contributed by atoms with Crippen molar-refractivity contribution in [2.24, 2.45) is 0 Å². The molecule has 0 saturated carbocycles. The second-order valence-corrected chi connectivity index (χ2v) is 4.00. The van der Waals surface area contributed by atoms with Crippen LogP contribution in [0.4, 0.5) is 0 Å². The van der Waals surface area contributed by atoms with Crippen molar-refractivity contribution >= 4 is 5.97 Å². The van der Waals surface area contributed by atoms with Gasteiger partial charge in [0.1, 0.15) is 0 Å². The summed E-state index contributed by atoms with van der Waals surface area (Å²) in [7, 11) is 1.42. The van der Waals surface area contributed by atoms with Crippen LogP contribution in [0.3, 0.4) is 0 Å². The molecule has 0 amide bonds. The van der Waals surface area contributed by atoms with Crippen LogP contribution in [-0.2, 0) is 9.53 Å². The predicted molar refractivity (Wildman–Crippen MR) is 68.3 cm³/mol. The second kappa shape index (κ2) is 10.5. The van der Waals surface area contributed by atoms with Gasteiger partial charge in [-0.25, -0.2) is 0 Å². The topological polar surface area (TPSA) is 26.3 Å². The lowest BCUT2D eigenvalue weighted by atomic mass is 10.1. The molecule has 0 aromatic heterocycles. The molecule has 0 heterocycles. The number of hydrogen-bond acceptors (Lipinski definition) is 2. The molecule has 0 unspecified atom stereocenters. The van der Waals surface area contributed by atoms with E-state index in [4.69, 9.17) is 0 Å². The molecule has 0 saturated heterocycles. The van der Waals surface area contributed by atoms with Crippen molar-refractivity contribution in [2.45, 2.75) is 52.4 Å². The quantitative estimate of drug-likeness (QED) is 0.353. The fourth-order valence-electron chi connectivity index (χ4n) is 1.32. The fraction of sp³-hybridized carbons (Fsp3) is 0.643. The Morgan fingerprint density at radius 3 is 2.56 bits per heavy atom. The normalized spacial score (nSPS) is 12.1. The molecule has 0 fully saturated rings. The van der Waals surface area contributed by atoms with Crippen molar-refractivity contribution in [3.05, 3.63) is 23.8 Å². The Morgan fingerprint density at radius 2 is 1.94 bits per heavy atom. The first-order valence-electron chi connectivity index (χ1n) is 6.08. The first-order valence-corrected chi connectivity index (χ1v) is 6.08. The van der Waals surface area contributed by atoms with Gasteiger partial charge < -0.3 is 4.74 Å². The molecule has 0 aromatic rings. The van der Waals surface area contributed by atoms with Crippen molar-refractivity contribution in [1.82, 2.24) is 0 Å². The van der Waals surface area contributed by atoms with E-state index in [0.29, 0.717) is 6.42 Å². The third kappa shape index (κ3) is 9.50. The summed E-state index contributed by atoms with van der Waals surface area (Å²) in [4.78, 5) is 10.9. The number of esters is 1. The van der Waals surface area contributed by atoms with Gasteiger partial charge in [-0.15, -0.1) is 0 Å². The van der Waals surface area contributed by atoms with Gasteiger partial charge >= 0.3 is 5.97 Å². The third-order valence-electron chi connectivity index (χ3n) is 2.43. The number of carbonyl (C=O) groups is 1. The summed E-state index contributed by atoms with van der Waals surface area (Å²) >= 11 is 0. The maximum Gasteiger partial charge on any atom is 0.309 e. The Bertz CT molecular complexity index is 239. The Balaban J connectivity index is 3.62. The summed E-state index contributed by atoms with van der Waals surface area (Å²) in [5.74, 6) is -0.175. The summed E-state index contributed by atoms with van der Waals surface area (Å²) in [5, 5.41) is 0. The summed E-state index contributed by atoms with van der Waals surface area (Å²) in [6.45, 7) is 4.25. The van der Waals surface area contributed by atoms with Gasteiger partial charge in [0.15, 0.2) is 0 Å². The van der Waals surface area contributed by atoms with E-state index in [-0.39, 0.29) is 5.97 Å². The molecule has 0 N–H and O–H groups in total. The van der Waals surface area contributed by atoms with Crippen molar-refractivity contribution in [3.63, 3.8) is 0 Å².